The zero-order valence-electron chi connectivity index (χ0n) is 10.4. The van der Waals surface area contributed by atoms with Crippen molar-refractivity contribution >= 4 is 49.6 Å². The van der Waals surface area contributed by atoms with Crippen LogP contribution < -0.4 is 4.72 Å². The summed E-state index contributed by atoms with van der Waals surface area (Å²) in [6, 6.07) is 5.97. The zero-order chi connectivity index (χ0) is 14.6. The minimum absolute atomic E-state index is 0.120. The van der Waals surface area contributed by atoms with Gasteiger partial charge in [0.15, 0.2) is 0 Å². The van der Waals surface area contributed by atoms with Crippen molar-refractivity contribution in [1.82, 2.24) is 10.2 Å². The summed E-state index contributed by atoms with van der Waals surface area (Å²) in [4.78, 5) is 3.88. The molecule has 0 aliphatic carbocycles. The highest BCUT2D eigenvalue weighted by Crippen LogP contribution is 2.21. The Morgan fingerprint density at radius 3 is 2.60 bits per heavy atom. The van der Waals surface area contributed by atoms with Gasteiger partial charge in [-0.1, -0.05) is 18.3 Å². The molecule has 9 heteroatoms. The molecule has 104 valence electrons. The first kappa shape index (κ1) is 14.7. The third-order valence-corrected chi connectivity index (χ3v) is 4.87. The first-order chi connectivity index (χ1) is 9.55. The number of anilines is 1. The normalized spacial score (nSPS) is 10.8. The second-order valence-electron chi connectivity index (χ2n) is 3.66. The molecule has 1 N–H and O–H groups in total. The van der Waals surface area contributed by atoms with Crippen molar-refractivity contribution in [3.8, 4) is 0 Å². The number of sulfonamides is 1. The number of benzene rings is 1. The average molecular weight is 326 g/mol. The quantitative estimate of drug-likeness (QED) is 0.674. The van der Waals surface area contributed by atoms with Gasteiger partial charge in [-0.2, -0.15) is 4.99 Å². The van der Waals surface area contributed by atoms with Gasteiger partial charge in [-0.05, 0) is 42.9 Å². The molecule has 1 aromatic heterocycles. The van der Waals surface area contributed by atoms with E-state index in [2.05, 4.69) is 37.3 Å². The Kier molecular flexibility index (Phi) is 4.56. The van der Waals surface area contributed by atoms with Crippen LogP contribution in [-0.4, -0.2) is 23.8 Å². The molecule has 0 unspecified atom stereocenters. The van der Waals surface area contributed by atoms with Crippen LogP contribution in [0.2, 0.25) is 0 Å². The number of aryl methyl sites for hydroxylation is 1. The molecule has 6 nitrogen and oxygen atoms in total. The molecule has 1 aromatic carbocycles. The van der Waals surface area contributed by atoms with Gasteiger partial charge in [-0.15, -0.1) is 10.2 Å². The Labute approximate surface area is 125 Å². The number of thiocarbonyl (C=S) groups is 1. The number of isothiocyanates is 1. The average Bonchev–Trinajstić information content (AvgIpc) is 2.87. The lowest BCUT2D eigenvalue weighted by Gasteiger charge is -2.04. The van der Waals surface area contributed by atoms with Crippen molar-refractivity contribution in [2.24, 2.45) is 4.99 Å². The number of hydrogen-bond acceptors (Lipinski definition) is 7. The molecule has 0 aliphatic rings. The fourth-order valence-corrected chi connectivity index (χ4v) is 3.38. The largest absolute Gasteiger partial charge is 0.263 e. The van der Waals surface area contributed by atoms with Gasteiger partial charge < -0.3 is 0 Å². The molecular formula is C11H10N4O2S3. The molecule has 0 saturated carbocycles. The maximum absolute atomic E-state index is 12.1. The highest BCUT2D eigenvalue weighted by Gasteiger charge is 2.16. The summed E-state index contributed by atoms with van der Waals surface area (Å²) in [7, 11) is -3.67. The van der Waals surface area contributed by atoms with Crippen molar-refractivity contribution in [3.63, 3.8) is 0 Å². The van der Waals surface area contributed by atoms with E-state index in [0.29, 0.717) is 12.1 Å². The molecule has 0 amide bonds. The van der Waals surface area contributed by atoms with Crippen molar-refractivity contribution in [3.05, 3.63) is 29.3 Å². The Morgan fingerprint density at radius 2 is 2.05 bits per heavy atom. The molecule has 0 saturated heterocycles. The Morgan fingerprint density at radius 1 is 1.35 bits per heavy atom. The van der Waals surface area contributed by atoms with Crippen molar-refractivity contribution in [2.45, 2.75) is 18.2 Å². The van der Waals surface area contributed by atoms with Gasteiger partial charge in [0.1, 0.15) is 5.01 Å². The van der Waals surface area contributed by atoms with E-state index in [0.717, 1.165) is 5.01 Å². The molecule has 0 aliphatic heterocycles. The fourth-order valence-electron chi connectivity index (χ4n) is 1.36. The molecule has 0 atom stereocenters. The van der Waals surface area contributed by atoms with E-state index in [1.165, 1.54) is 23.5 Å². The van der Waals surface area contributed by atoms with E-state index in [4.69, 9.17) is 0 Å². The predicted molar refractivity (Wildman–Crippen MR) is 81.2 cm³/mol. The number of rotatable bonds is 5. The summed E-state index contributed by atoms with van der Waals surface area (Å²) in [5.74, 6) is 0. The number of hydrogen-bond donors (Lipinski definition) is 1. The molecular weight excluding hydrogens is 316 g/mol. The predicted octanol–water partition coefficient (Wildman–Crippen LogP) is 2.64. The van der Waals surface area contributed by atoms with Gasteiger partial charge in [0.05, 0.1) is 15.7 Å². The summed E-state index contributed by atoms with van der Waals surface area (Å²) in [5, 5.41) is 10.9. The first-order valence-corrected chi connectivity index (χ1v) is 8.29. The van der Waals surface area contributed by atoms with E-state index >= 15 is 0 Å². The monoisotopic (exact) mass is 326 g/mol. The Balaban J connectivity index is 2.23. The summed E-state index contributed by atoms with van der Waals surface area (Å²) in [6.45, 7) is 1.92. The summed E-state index contributed by atoms with van der Waals surface area (Å²) in [6.07, 6.45) is 0.712. The minimum Gasteiger partial charge on any atom is -0.253 e. The van der Waals surface area contributed by atoms with Crippen LogP contribution in [0.15, 0.2) is 34.2 Å². The zero-order valence-corrected chi connectivity index (χ0v) is 12.8. The van der Waals surface area contributed by atoms with Crippen LogP contribution in [0, 0.1) is 0 Å². The first-order valence-electron chi connectivity index (χ1n) is 5.58. The Hall–Kier alpha value is -1.67. The van der Waals surface area contributed by atoms with Crippen LogP contribution in [0.3, 0.4) is 0 Å². The van der Waals surface area contributed by atoms with E-state index in [1.54, 1.807) is 12.1 Å². The third kappa shape index (κ3) is 3.45. The van der Waals surface area contributed by atoms with Crippen LogP contribution in [0.25, 0.3) is 0 Å². The van der Waals surface area contributed by atoms with Gasteiger partial charge in [-0.3, -0.25) is 4.72 Å². The maximum Gasteiger partial charge on any atom is 0.263 e. The summed E-state index contributed by atoms with van der Waals surface area (Å²) >= 11 is 5.69. The van der Waals surface area contributed by atoms with Gasteiger partial charge in [-0.25, -0.2) is 8.42 Å². The number of nitrogens with one attached hydrogen (secondary N) is 1. The topological polar surface area (TPSA) is 84.3 Å². The molecule has 0 radical (unpaired) electrons. The molecule has 2 aromatic rings. The summed E-state index contributed by atoms with van der Waals surface area (Å²) < 4.78 is 26.6. The number of aromatic nitrogens is 2. The second-order valence-corrected chi connectivity index (χ2v) is 6.58. The van der Waals surface area contributed by atoms with Crippen LogP contribution >= 0.6 is 23.6 Å². The third-order valence-electron chi connectivity index (χ3n) is 2.31. The molecule has 1 heterocycles. The van der Waals surface area contributed by atoms with Crippen LogP contribution in [0.1, 0.15) is 11.9 Å². The fraction of sp³-hybridized carbons (Fsp3) is 0.182. The Bertz CT molecular complexity index is 746. The van der Waals surface area contributed by atoms with E-state index < -0.39 is 10.0 Å². The maximum atomic E-state index is 12.1. The smallest absolute Gasteiger partial charge is 0.253 e. The highest BCUT2D eigenvalue weighted by molar-refractivity contribution is 7.93. The molecule has 20 heavy (non-hydrogen) atoms. The van der Waals surface area contributed by atoms with Crippen LogP contribution in [0.5, 0.6) is 0 Å². The molecule has 0 spiro atoms. The van der Waals surface area contributed by atoms with Gasteiger partial charge >= 0.3 is 0 Å². The second kappa shape index (κ2) is 6.19. The lowest BCUT2D eigenvalue weighted by molar-refractivity contribution is 0.601. The lowest BCUT2D eigenvalue weighted by Crippen LogP contribution is -2.12. The SMILES string of the molecule is CCc1nnc(NS(=O)(=O)c2ccc(N=C=S)cc2)s1. The minimum atomic E-state index is -3.67. The van der Waals surface area contributed by atoms with Crippen molar-refractivity contribution in [1.29, 1.82) is 0 Å². The van der Waals surface area contributed by atoms with Crippen molar-refractivity contribution < 1.29 is 8.42 Å². The van der Waals surface area contributed by atoms with Crippen molar-refractivity contribution in [2.75, 3.05) is 4.72 Å². The molecule has 2 rings (SSSR count). The van der Waals surface area contributed by atoms with E-state index in [1.807, 2.05) is 6.92 Å². The van der Waals surface area contributed by atoms with E-state index in [9.17, 15) is 8.42 Å². The standard InChI is InChI=1S/C11H10N4O2S3/c1-2-10-13-14-11(19-10)15-20(16,17)9-5-3-8(4-6-9)12-7-18/h3-6H,2H2,1H3,(H,14,15). The molecule has 0 fully saturated rings. The van der Waals surface area contributed by atoms with Gasteiger partial charge in [0.25, 0.3) is 10.0 Å². The number of nitrogens with zero attached hydrogens (tertiary/aromatic N) is 3. The highest BCUT2D eigenvalue weighted by atomic mass is 32.2. The van der Waals surface area contributed by atoms with Crippen LogP contribution in [-0.2, 0) is 16.4 Å². The van der Waals surface area contributed by atoms with Gasteiger partial charge in [0.2, 0.25) is 5.13 Å². The van der Waals surface area contributed by atoms with Crippen LogP contribution in [0.4, 0.5) is 10.8 Å². The van der Waals surface area contributed by atoms with Gasteiger partial charge in [0, 0.05) is 0 Å². The van der Waals surface area contributed by atoms with E-state index in [-0.39, 0.29) is 10.0 Å². The number of aliphatic imine (C=N–C) groups is 1. The molecule has 0 bridgehead atoms. The lowest BCUT2D eigenvalue weighted by atomic mass is 10.3. The summed E-state index contributed by atoms with van der Waals surface area (Å²) in [5.41, 5.74) is 0.545.